The molecular formula is C24H23FS. The molecule has 0 saturated heterocycles. The van der Waals surface area contributed by atoms with Gasteiger partial charge in [-0.15, -0.1) is 0 Å². The Morgan fingerprint density at radius 1 is 0.846 bits per heavy atom. The van der Waals surface area contributed by atoms with Crippen molar-refractivity contribution < 1.29 is 3.89 Å². The Bertz CT molecular complexity index is 971. The van der Waals surface area contributed by atoms with Crippen molar-refractivity contribution in [2.45, 2.75) is 32.6 Å². The fourth-order valence-corrected chi connectivity index (χ4v) is 3.97. The van der Waals surface area contributed by atoms with Crippen molar-refractivity contribution in [3.05, 3.63) is 83.4 Å². The lowest BCUT2D eigenvalue weighted by Gasteiger charge is -2.20. The smallest absolute Gasteiger partial charge is 0.0812 e. The first-order chi connectivity index (χ1) is 12.4. The first-order valence-corrected chi connectivity index (χ1v) is 9.40. The molecule has 3 aromatic rings. The summed E-state index contributed by atoms with van der Waals surface area (Å²) in [6, 6.07) is 18.4. The highest BCUT2D eigenvalue weighted by Gasteiger charge is 2.17. The van der Waals surface area contributed by atoms with E-state index in [1.807, 2.05) is 24.3 Å². The standard InChI is InChI=1S/C24H23FS/c1-15(2)24-17(4)22(19-9-7-6-8-10-19)14-23(18(24)5)21-13-20(26-25)12-11-16(21)3/h6-14H,1H2,2-5H3. The molecule has 26 heavy (non-hydrogen) atoms. The zero-order valence-corrected chi connectivity index (χ0v) is 16.5. The minimum atomic E-state index is 0.289. The number of benzene rings is 3. The lowest BCUT2D eigenvalue weighted by Crippen LogP contribution is -1.99. The Balaban J connectivity index is 2.36. The van der Waals surface area contributed by atoms with Crippen molar-refractivity contribution in [2.24, 2.45) is 0 Å². The van der Waals surface area contributed by atoms with E-state index >= 15 is 0 Å². The molecule has 0 bridgehead atoms. The van der Waals surface area contributed by atoms with Crippen LogP contribution in [-0.2, 0) is 0 Å². The molecule has 0 aliphatic carbocycles. The molecule has 132 valence electrons. The van der Waals surface area contributed by atoms with Gasteiger partial charge in [-0.05, 0) is 90.4 Å². The van der Waals surface area contributed by atoms with Gasteiger partial charge in [-0.25, -0.2) is 0 Å². The first-order valence-electron chi connectivity index (χ1n) is 8.69. The number of hydrogen-bond donors (Lipinski definition) is 0. The average Bonchev–Trinajstić information content (AvgIpc) is 2.63. The van der Waals surface area contributed by atoms with E-state index < -0.39 is 0 Å². The summed E-state index contributed by atoms with van der Waals surface area (Å²) < 4.78 is 13.2. The van der Waals surface area contributed by atoms with E-state index in [4.69, 9.17) is 0 Å². The van der Waals surface area contributed by atoms with Gasteiger partial charge in [-0.1, -0.05) is 48.6 Å². The maximum atomic E-state index is 13.2. The van der Waals surface area contributed by atoms with Gasteiger partial charge in [0, 0.05) is 4.90 Å². The van der Waals surface area contributed by atoms with Crippen molar-refractivity contribution in [3.63, 3.8) is 0 Å². The molecule has 0 fully saturated rings. The van der Waals surface area contributed by atoms with Gasteiger partial charge in [0.15, 0.2) is 0 Å². The van der Waals surface area contributed by atoms with Crippen LogP contribution in [0.15, 0.2) is 66.1 Å². The van der Waals surface area contributed by atoms with Gasteiger partial charge in [-0.3, -0.25) is 0 Å². The summed E-state index contributed by atoms with van der Waals surface area (Å²) in [7, 11) is 0. The highest BCUT2D eigenvalue weighted by molar-refractivity contribution is 7.94. The van der Waals surface area contributed by atoms with Crippen LogP contribution >= 0.6 is 12.1 Å². The Kier molecular flexibility index (Phi) is 5.33. The number of halogens is 1. The summed E-state index contributed by atoms with van der Waals surface area (Å²) in [5.74, 6) is 0. The van der Waals surface area contributed by atoms with Crippen LogP contribution in [0, 0.1) is 20.8 Å². The summed E-state index contributed by atoms with van der Waals surface area (Å²) >= 11 is 0.289. The maximum absolute atomic E-state index is 13.2. The van der Waals surface area contributed by atoms with Crippen LogP contribution in [-0.4, -0.2) is 0 Å². The maximum Gasteiger partial charge on any atom is 0.0812 e. The Hall–Kier alpha value is -2.32. The van der Waals surface area contributed by atoms with E-state index in [-0.39, 0.29) is 12.1 Å². The Morgan fingerprint density at radius 3 is 2.12 bits per heavy atom. The van der Waals surface area contributed by atoms with Crippen LogP contribution in [0.4, 0.5) is 3.89 Å². The zero-order valence-electron chi connectivity index (χ0n) is 15.7. The number of allylic oxidation sites excluding steroid dienone is 1. The monoisotopic (exact) mass is 362 g/mol. The quantitative estimate of drug-likeness (QED) is 0.453. The average molecular weight is 363 g/mol. The van der Waals surface area contributed by atoms with Gasteiger partial charge >= 0.3 is 0 Å². The number of hydrogen-bond acceptors (Lipinski definition) is 1. The van der Waals surface area contributed by atoms with Crippen molar-refractivity contribution in [1.29, 1.82) is 0 Å². The normalized spacial score (nSPS) is 10.8. The molecule has 0 aliphatic rings. The van der Waals surface area contributed by atoms with E-state index in [0.29, 0.717) is 4.90 Å². The topological polar surface area (TPSA) is 0 Å². The molecule has 0 saturated carbocycles. The minimum absolute atomic E-state index is 0.289. The Morgan fingerprint density at radius 2 is 1.50 bits per heavy atom. The summed E-state index contributed by atoms with van der Waals surface area (Å²) in [5, 5.41) is 0. The molecule has 2 heteroatoms. The van der Waals surface area contributed by atoms with Crippen LogP contribution in [0.1, 0.15) is 29.2 Å². The van der Waals surface area contributed by atoms with Gasteiger partial charge in [-0.2, -0.15) is 3.89 Å². The van der Waals surface area contributed by atoms with Crippen LogP contribution in [0.2, 0.25) is 0 Å². The minimum Gasteiger partial charge on any atom is -0.160 e. The molecule has 0 heterocycles. The molecule has 0 aliphatic heterocycles. The van der Waals surface area contributed by atoms with E-state index in [1.165, 1.54) is 27.8 Å². The largest absolute Gasteiger partial charge is 0.160 e. The highest BCUT2D eigenvalue weighted by atomic mass is 32.2. The van der Waals surface area contributed by atoms with Gasteiger partial charge < -0.3 is 0 Å². The molecular weight excluding hydrogens is 339 g/mol. The van der Waals surface area contributed by atoms with Crippen LogP contribution in [0.3, 0.4) is 0 Å². The molecule has 0 radical (unpaired) electrons. The summed E-state index contributed by atoms with van der Waals surface area (Å²) in [6.45, 7) is 12.6. The molecule has 0 atom stereocenters. The van der Waals surface area contributed by atoms with Crippen molar-refractivity contribution in [2.75, 3.05) is 0 Å². The first kappa shape index (κ1) is 18.5. The van der Waals surface area contributed by atoms with Crippen LogP contribution in [0.5, 0.6) is 0 Å². The zero-order chi connectivity index (χ0) is 18.8. The second-order valence-electron chi connectivity index (χ2n) is 6.80. The molecule has 0 N–H and O–H groups in total. The second kappa shape index (κ2) is 7.51. The second-order valence-corrected chi connectivity index (χ2v) is 7.42. The van der Waals surface area contributed by atoms with Crippen molar-refractivity contribution >= 4 is 17.7 Å². The number of aryl methyl sites for hydroxylation is 1. The van der Waals surface area contributed by atoms with Gasteiger partial charge in [0.25, 0.3) is 0 Å². The summed E-state index contributed by atoms with van der Waals surface area (Å²) in [4.78, 5) is 0.628. The molecule has 0 spiro atoms. The lowest BCUT2D eigenvalue weighted by molar-refractivity contribution is 0.934. The Labute approximate surface area is 160 Å². The third-order valence-corrected chi connectivity index (χ3v) is 5.38. The SMILES string of the molecule is C=C(C)c1c(C)c(-c2ccccc2)cc(-c2cc(SF)ccc2C)c1C. The molecule has 0 amide bonds. The molecule has 0 aromatic heterocycles. The third kappa shape index (κ3) is 3.34. The summed E-state index contributed by atoms with van der Waals surface area (Å²) in [5.41, 5.74) is 10.4. The van der Waals surface area contributed by atoms with Gasteiger partial charge in [0.2, 0.25) is 0 Å². The fraction of sp³-hybridized carbons (Fsp3) is 0.167. The van der Waals surface area contributed by atoms with E-state index in [0.717, 1.165) is 22.3 Å². The molecule has 3 aromatic carbocycles. The van der Waals surface area contributed by atoms with Crippen molar-refractivity contribution in [3.8, 4) is 22.3 Å². The van der Waals surface area contributed by atoms with E-state index in [9.17, 15) is 3.89 Å². The van der Waals surface area contributed by atoms with Crippen LogP contribution in [0.25, 0.3) is 27.8 Å². The molecule has 0 nitrogen and oxygen atoms in total. The number of rotatable bonds is 4. The van der Waals surface area contributed by atoms with E-state index in [2.05, 4.69) is 64.6 Å². The predicted molar refractivity (Wildman–Crippen MR) is 113 cm³/mol. The van der Waals surface area contributed by atoms with Gasteiger partial charge in [0.1, 0.15) is 0 Å². The molecule has 0 unspecified atom stereocenters. The molecule has 3 rings (SSSR count). The van der Waals surface area contributed by atoms with Gasteiger partial charge in [0.05, 0.1) is 12.1 Å². The lowest BCUT2D eigenvalue weighted by atomic mass is 9.84. The highest BCUT2D eigenvalue weighted by Crippen LogP contribution is 2.39. The fourth-order valence-electron chi connectivity index (χ4n) is 3.69. The van der Waals surface area contributed by atoms with E-state index in [1.54, 1.807) is 0 Å². The van der Waals surface area contributed by atoms with Crippen molar-refractivity contribution in [1.82, 2.24) is 0 Å². The predicted octanol–water partition coefficient (Wildman–Crippen LogP) is 7.96. The third-order valence-electron chi connectivity index (χ3n) is 4.95. The van der Waals surface area contributed by atoms with Crippen LogP contribution < -0.4 is 0 Å². The summed E-state index contributed by atoms with van der Waals surface area (Å²) in [6.07, 6.45) is 0.